The number of aryl methyl sites for hydroxylation is 1. The van der Waals surface area contributed by atoms with Crippen LogP contribution in [0.1, 0.15) is 33.7 Å². The number of amides is 1. The molecule has 3 aromatic rings. The largest absolute Gasteiger partial charge is 0.354 e. The van der Waals surface area contributed by atoms with Crippen LogP contribution < -0.4 is 10.9 Å². The van der Waals surface area contributed by atoms with Gasteiger partial charge in [0.2, 0.25) is 5.95 Å². The molecule has 0 aliphatic carbocycles. The van der Waals surface area contributed by atoms with Crippen LogP contribution in [0.4, 0.5) is 8.78 Å². The van der Waals surface area contributed by atoms with Crippen molar-refractivity contribution in [2.45, 2.75) is 19.9 Å². The third kappa shape index (κ3) is 4.09. The number of nitrogens with one attached hydrogen (secondary N) is 2. The lowest BCUT2D eigenvalue weighted by molar-refractivity contribution is 0.0957. The average molecular weight is 425 g/mol. The summed E-state index contributed by atoms with van der Waals surface area (Å²) < 4.78 is 29.3. The van der Waals surface area contributed by atoms with Crippen LogP contribution in [0.25, 0.3) is 16.6 Å². The number of nitrogens with zero attached hydrogens (tertiary/aromatic N) is 3. The molecule has 7 nitrogen and oxygen atoms in total. The third-order valence-electron chi connectivity index (χ3n) is 5.40. The van der Waals surface area contributed by atoms with E-state index in [1.165, 1.54) is 13.1 Å². The third-order valence-corrected chi connectivity index (χ3v) is 5.40. The van der Waals surface area contributed by atoms with Crippen molar-refractivity contribution in [3.05, 3.63) is 75.0 Å². The van der Waals surface area contributed by atoms with E-state index in [1.807, 2.05) is 11.0 Å². The minimum Gasteiger partial charge on any atom is -0.354 e. The first-order valence-electron chi connectivity index (χ1n) is 9.85. The number of hydrogen-bond acceptors (Lipinski definition) is 5. The van der Waals surface area contributed by atoms with E-state index in [0.717, 1.165) is 5.57 Å². The average Bonchev–Trinajstić information content (AvgIpc) is 2.77. The Labute approximate surface area is 176 Å². The highest BCUT2D eigenvalue weighted by Crippen LogP contribution is 2.26. The van der Waals surface area contributed by atoms with Gasteiger partial charge in [-0.15, -0.1) is 0 Å². The predicted octanol–water partition coefficient (Wildman–Crippen LogP) is 2.55. The summed E-state index contributed by atoms with van der Waals surface area (Å²) in [5.74, 6) is -1.62. The van der Waals surface area contributed by atoms with Gasteiger partial charge in [-0.05, 0) is 37.1 Å². The van der Waals surface area contributed by atoms with Crippen molar-refractivity contribution in [1.82, 2.24) is 25.2 Å². The summed E-state index contributed by atoms with van der Waals surface area (Å²) in [6.07, 6.45) is 2.44. The number of benzene rings is 1. The molecule has 0 spiro atoms. The second-order valence-corrected chi connectivity index (χ2v) is 7.41. The standard InChI is InChI=1S/C22H21F2N5O2/c1-12-21(30)28-19-16(26-12)5-3-14(18(19)23)11-29-9-7-13(8-10-29)15-4-6-17(22(31)25-2)27-20(15)24/h3-7H,8-11H2,1-2H3,(H,25,31)(H,28,30). The molecule has 3 heterocycles. The number of H-pyrrole nitrogens is 1. The molecule has 2 N–H and O–H groups in total. The van der Waals surface area contributed by atoms with Gasteiger partial charge in [0.1, 0.15) is 16.9 Å². The van der Waals surface area contributed by atoms with Gasteiger partial charge in [0.25, 0.3) is 11.5 Å². The maximum atomic E-state index is 14.9. The van der Waals surface area contributed by atoms with E-state index >= 15 is 0 Å². The molecule has 160 valence electrons. The van der Waals surface area contributed by atoms with Crippen molar-refractivity contribution in [2.75, 3.05) is 20.1 Å². The van der Waals surface area contributed by atoms with Crippen molar-refractivity contribution in [1.29, 1.82) is 0 Å². The van der Waals surface area contributed by atoms with Crippen LogP contribution in [0.3, 0.4) is 0 Å². The van der Waals surface area contributed by atoms with E-state index in [1.54, 1.807) is 25.1 Å². The zero-order chi connectivity index (χ0) is 22.1. The molecule has 2 aromatic heterocycles. The molecule has 31 heavy (non-hydrogen) atoms. The second kappa shape index (κ2) is 8.35. The van der Waals surface area contributed by atoms with Gasteiger partial charge in [-0.3, -0.25) is 14.5 Å². The molecule has 0 fully saturated rings. The van der Waals surface area contributed by atoms with E-state index < -0.39 is 23.2 Å². The molecule has 0 atom stereocenters. The van der Waals surface area contributed by atoms with Gasteiger partial charge in [-0.1, -0.05) is 12.1 Å². The molecule has 1 aliphatic heterocycles. The molecule has 0 saturated heterocycles. The van der Waals surface area contributed by atoms with Crippen molar-refractivity contribution >= 4 is 22.5 Å². The summed E-state index contributed by atoms with van der Waals surface area (Å²) >= 11 is 0. The molecule has 4 rings (SSSR count). The van der Waals surface area contributed by atoms with E-state index in [2.05, 4.69) is 20.3 Å². The van der Waals surface area contributed by atoms with Crippen LogP contribution in [0, 0.1) is 18.7 Å². The number of aromatic nitrogens is 3. The number of carbonyl (C=O) groups excluding carboxylic acids is 1. The van der Waals surface area contributed by atoms with Crippen molar-refractivity contribution in [2.24, 2.45) is 0 Å². The number of fused-ring (bicyclic) bond motifs is 1. The Kier molecular flexibility index (Phi) is 5.60. The first-order chi connectivity index (χ1) is 14.9. The summed E-state index contributed by atoms with van der Waals surface area (Å²) in [6, 6.07) is 6.41. The van der Waals surface area contributed by atoms with Gasteiger partial charge < -0.3 is 10.3 Å². The Bertz CT molecular complexity index is 1270. The first kappa shape index (κ1) is 20.8. The SMILES string of the molecule is CNC(=O)c1ccc(C2=CCN(Cc3ccc4nc(C)c(=O)[nH]c4c3F)CC2)c(F)n1. The van der Waals surface area contributed by atoms with Gasteiger partial charge in [0.15, 0.2) is 5.82 Å². The van der Waals surface area contributed by atoms with Crippen LogP contribution in [0.2, 0.25) is 0 Å². The fourth-order valence-electron chi connectivity index (χ4n) is 3.65. The Morgan fingerprint density at radius 1 is 1.23 bits per heavy atom. The van der Waals surface area contributed by atoms with E-state index in [4.69, 9.17) is 0 Å². The minimum atomic E-state index is -0.687. The topological polar surface area (TPSA) is 91.0 Å². The normalized spacial score (nSPS) is 14.5. The van der Waals surface area contributed by atoms with E-state index in [-0.39, 0.29) is 11.2 Å². The van der Waals surface area contributed by atoms with Gasteiger partial charge in [-0.25, -0.2) is 14.4 Å². The molecule has 0 radical (unpaired) electrons. The molecular weight excluding hydrogens is 404 g/mol. The number of hydrogen-bond donors (Lipinski definition) is 2. The lowest BCUT2D eigenvalue weighted by atomic mass is 10.00. The molecule has 1 aromatic carbocycles. The highest BCUT2D eigenvalue weighted by molar-refractivity contribution is 5.92. The predicted molar refractivity (Wildman–Crippen MR) is 113 cm³/mol. The maximum absolute atomic E-state index is 14.9. The fraction of sp³-hybridized carbons (Fsp3) is 0.273. The molecular formula is C22H21F2N5O2. The zero-order valence-electron chi connectivity index (χ0n) is 17.1. The Morgan fingerprint density at radius 2 is 2.03 bits per heavy atom. The molecule has 0 bridgehead atoms. The summed E-state index contributed by atoms with van der Waals surface area (Å²) in [4.78, 5) is 35.8. The maximum Gasteiger partial charge on any atom is 0.269 e. The summed E-state index contributed by atoms with van der Waals surface area (Å²) in [7, 11) is 1.46. The van der Waals surface area contributed by atoms with E-state index in [0.29, 0.717) is 48.4 Å². The lowest BCUT2D eigenvalue weighted by Crippen LogP contribution is -2.28. The van der Waals surface area contributed by atoms with Crippen LogP contribution >= 0.6 is 0 Å². The second-order valence-electron chi connectivity index (χ2n) is 7.41. The lowest BCUT2D eigenvalue weighted by Gasteiger charge is -2.26. The zero-order valence-corrected chi connectivity index (χ0v) is 17.1. The highest BCUT2D eigenvalue weighted by atomic mass is 19.1. The van der Waals surface area contributed by atoms with Crippen molar-refractivity contribution in [3.8, 4) is 0 Å². The summed E-state index contributed by atoms with van der Waals surface area (Å²) in [5, 5.41) is 2.41. The van der Waals surface area contributed by atoms with E-state index in [9.17, 15) is 18.4 Å². The molecule has 1 aliphatic rings. The van der Waals surface area contributed by atoms with Gasteiger partial charge in [0.05, 0.1) is 5.52 Å². The quantitative estimate of drug-likeness (QED) is 0.627. The summed E-state index contributed by atoms with van der Waals surface area (Å²) in [5.41, 5.74) is 2.03. The Morgan fingerprint density at radius 3 is 2.71 bits per heavy atom. The highest BCUT2D eigenvalue weighted by Gasteiger charge is 2.19. The summed E-state index contributed by atoms with van der Waals surface area (Å²) in [6.45, 7) is 3.03. The number of pyridine rings is 1. The monoisotopic (exact) mass is 425 g/mol. The van der Waals surface area contributed by atoms with Gasteiger partial charge in [-0.2, -0.15) is 4.39 Å². The number of carbonyl (C=O) groups is 1. The van der Waals surface area contributed by atoms with Gasteiger partial charge >= 0.3 is 0 Å². The van der Waals surface area contributed by atoms with Gasteiger partial charge in [0, 0.05) is 37.8 Å². The first-order valence-corrected chi connectivity index (χ1v) is 9.85. The minimum absolute atomic E-state index is 0.0243. The fourth-order valence-corrected chi connectivity index (χ4v) is 3.65. The van der Waals surface area contributed by atoms with Crippen molar-refractivity contribution in [3.63, 3.8) is 0 Å². The van der Waals surface area contributed by atoms with Crippen LogP contribution in [0.15, 0.2) is 35.1 Å². The molecule has 0 unspecified atom stereocenters. The number of halogens is 2. The molecule has 9 heteroatoms. The van der Waals surface area contributed by atoms with Crippen molar-refractivity contribution < 1.29 is 13.6 Å². The van der Waals surface area contributed by atoms with Crippen LogP contribution in [-0.2, 0) is 6.54 Å². The molecule has 0 saturated carbocycles. The Hall–Kier alpha value is -3.46. The van der Waals surface area contributed by atoms with Crippen LogP contribution in [0.5, 0.6) is 0 Å². The number of aromatic amines is 1. The Balaban J connectivity index is 1.51. The molecule has 1 amide bonds. The van der Waals surface area contributed by atoms with Crippen LogP contribution in [-0.4, -0.2) is 45.9 Å². The number of rotatable bonds is 4. The smallest absolute Gasteiger partial charge is 0.269 e.